The quantitative estimate of drug-likeness (QED) is 0.334. The number of rotatable bonds is 7. The van der Waals surface area contributed by atoms with E-state index in [-0.39, 0.29) is 12.3 Å². The number of nitrogens with zero attached hydrogens (tertiary/aromatic N) is 4. The van der Waals surface area contributed by atoms with Gasteiger partial charge in [0.2, 0.25) is 0 Å². The number of methoxy groups -OCH3 is 2. The molecular formula is C19H23N5O7. The van der Waals surface area contributed by atoms with Crippen LogP contribution in [0.5, 0.6) is 17.2 Å². The van der Waals surface area contributed by atoms with Crippen LogP contribution in [0.3, 0.4) is 0 Å². The molecule has 0 aliphatic carbocycles. The Bertz CT molecular complexity index is 1080. The van der Waals surface area contributed by atoms with Crippen LogP contribution in [0, 0.1) is 0 Å². The molecule has 12 heteroatoms. The van der Waals surface area contributed by atoms with E-state index >= 15 is 0 Å². The molecule has 12 nitrogen and oxygen atoms in total. The number of aliphatic hydroxyl groups excluding tert-OH is 3. The SMILES string of the molecule is COc1ccc(OC)c(CNc2ncnc3c2ncn3[C@@H]2O[C@H](CO)[C@@H](O)[C@H]2O)c1O. The molecule has 1 aliphatic heterocycles. The maximum atomic E-state index is 10.5. The minimum Gasteiger partial charge on any atom is -0.504 e. The van der Waals surface area contributed by atoms with Gasteiger partial charge in [-0.1, -0.05) is 0 Å². The van der Waals surface area contributed by atoms with E-state index in [4.69, 9.17) is 14.2 Å². The summed E-state index contributed by atoms with van der Waals surface area (Å²) in [7, 11) is 2.95. The predicted octanol–water partition coefficient (Wildman–Crippen LogP) is -0.227. The van der Waals surface area contributed by atoms with Crippen LogP contribution in [0.2, 0.25) is 0 Å². The molecule has 1 aliphatic rings. The van der Waals surface area contributed by atoms with Gasteiger partial charge in [0.1, 0.15) is 30.4 Å². The number of hydrogen-bond donors (Lipinski definition) is 5. The van der Waals surface area contributed by atoms with E-state index in [1.807, 2.05) is 0 Å². The summed E-state index contributed by atoms with van der Waals surface area (Å²) in [4.78, 5) is 12.7. The number of phenolic OH excluding ortho intramolecular Hbond substituents is 1. The molecule has 3 heterocycles. The lowest BCUT2D eigenvalue weighted by molar-refractivity contribution is -0.0511. The Morgan fingerprint density at radius 3 is 2.52 bits per heavy atom. The third-order valence-electron chi connectivity index (χ3n) is 5.23. The Morgan fingerprint density at radius 2 is 1.84 bits per heavy atom. The molecule has 0 unspecified atom stereocenters. The molecule has 0 saturated carbocycles. The zero-order chi connectivity index (χ0) is 22.1. The van der Waals surface area contributed by atoms with Gasteiger partial charge in [0.15, 0.2) is 34.7 Å². The van der Waals surface area contributed by atoms with Gasteiger partial charge in [0, 0.05) is 6.54 Å². The summed E-state index contributed by atoms with van der Waals surface area (Å²) in [5.41, 5.74) is 1.22. The molecule has 166 valence electrons. The fourth-order valence-electron chi connectivity index (χ4n) is 3.57. The van der Waals surface area contributed by atoms with Crippen LogP contribution >= 0.6 is 0 Å². The van der Waals surface area contributed by atoms with Crippen LogP contribution < -0.4 is 14.8 Å². The highest BCUT2D eigenvalue weighted by molar-refractivity contribution is 5.82. The van der Waals surface area contributed by atoms with Crippen LogP contribution in [0.1, 0.15) is 11.8 Å². The number of aromatic nitrogens is 4. The van der Waals surface area contributed by atoms with Gasteiger partial charge in [-0.15, -0.1) is 0 Å². The molecule has 3 aromatic rings. The largest absolute Gasteiger partial charge is 0.504 e. The van der Waals surface area contributed by atoms with Gasteiger partial charge in [-0.3, -0.25) is 4.57 Å². The molecule has 2 aromatic heterocycles. The van der Waals surface area contributed by atoms with Crippen molar-refractivity contribution in [2.75, 3.05) is 26.1 Å². The minimum atomic E-state index is -1.26. The van der Waals surface area contributed by atoms with Crippen molar-refractivity contribution in [1.29, 1.82) is 0 Å². The number of imidazole rings is 1. The smallest absolute Gasteiger partial charge is 0.167 e. The fourth-order valence-corrected chi connectivity index (χ4v) is 3.57. The van der Waals surface area contributed by atoms with E-state index in [0.29, 0.717) is 34.0 Å². The molecule has 1 fully saturated rings. The van der Waals surface area contributed by atoms with E-state index in [2.05, 4.69) is 20.3 Å². The van der Waals surface area contributed by atoms with Crippen molar-refractivity contribution in [2.45, 2.75) is 31.1 Å². The van der Waals surface area contributed by atoms with Gasteiger partial charge in [0.25, 0.3) is 0 Å². The summed E-state index contributed by atoms with van der Waals surface area (Å²) in [6.45, 7) is -0.284. The molecule has 0 bridgehead atoms. The highest BCUT2D eigenvalue weighted by atomic mass is 16.6. The molecule has 0 radical (unpaired) electrons. The van der Waals surface area contributed by atoms with Gasteiger partial charge in [0.05, 0.1) is 32.7 Å². The number of ether oxygens (including phenoxy) is 3. The number of aliphatic hydroxyl groups is 3. The van der Waals surface area contributed by atoms with Crippen molar-refractivity contribution in [1.82, 2.24) is 19.5 Å². The summed E-state index contributed by atoms with van der Waals surface area (Å²) >= 11 is 0. The van der Waals surface area contributed by atoms with Gasteiger partial charge >= 0.3 is 0 Å². The Hall–Kier alpha value is -3.19. The molecule has 0 spiro atoms. The second kappa shape index (κ2) is 8.51. The number of hydrogen-bond acceptors (Lipinski definition) is 11. The van der Waals surface area contributed by atoms with E-state index in [1.54, 1.807) is 12.1 Å². The third-order valence-corrected chi connectivity index (χ3v) is 5.23. The Balaban J connectivity index is 1.63. The Kier molecular flexibility index (Phi) is 5.78. The standard InChI is InChI=1S/C19H23N5O7/c1-29-10-3-4-11(30-2)14(26)9(10)5-20-17-13-18(22-7-21-17)24(8-23-13)19-16(28)15(27)12(6-25)31-19/h3-4,7-8,12,15-16,19,25-28H,5-6H2,1-2H3,(H,20,21,22)/t12-,15-,16-,19-/m1/s1. The summed E-state index contributed by atoms with van der Waals surface area (Å²) in [6, 6.07) is 3.28. The van der Waals surface area contributed by atoms with E-state index in [1.165, 1.54) is 31.4 Å². The van der Waals surface area contributed by atoms with E-state index < -0.39 is 31.1 Å². The molecule has 5 N–H and O–H groups in total. The second-order valence-electron chi connectivity index (χ2n) is 6.93. The minimum absolute atomic E-state index is 0.0586. The Morgan fingerprint density at radius 1 is 1.10 bits per heavy atom. The number of phenols is 1. The fraction of sp³-hybridized carbons (Fsp3) is 0.421. The van der Waals surface area contributed by atoms with Gasteiger partial charge in [-0.25, -0.2) is 15.0 Å². The molecule has 4 rings (SSSR count). The van der Waals surface area contributed by atoms with Crippen LogP contribution in [0.15, 0.2) is 24.8 Å². The monoisotopic (exact) mass is 433 g/mol. The van der Waals surface area contributed by atoms with E-state index in [9.17, 15) is 20.4 Å². The van der Waals surface area contributed by atoms with Gasteiger partial charge < -0.3 is 40.0 Å². The van der Waals surface area contributed by atoms with Crippen LogP contribution in [-0.2, 0) is 11.3 Å². The molecule has 1 aromatic carbocycles. The first kappa shape index (κ1) is 21.1. The van der Waals surface area contributed by atoms with Crippen molar-refractivity contribution in [3.8, 4) is 17.2 Å². The van der Waals surface area contributed by atoms with Crippen LogP contribution in [0.4, 0.5) is 5.82 Å². The van der Waals surface area contributed by atoms with Crippen molar-refractivity contribution in [2.24, 2.45) is 0 Å². The lowest BCUT2D eigenvalue weighted by atomic mass is 10.1. The third kappa shape index (κ3) is 3.59. The average Bonchev–Trinajstić information content (AvgIpc) is 3.34. The number of anilines is 1. The highest BCUT2D eigenvalue weighted by Gasteiger charge is 2.44. The van der Waals surface area contributed by atoms with Gasteiger partial charge in [-0.2, -0.15) is 0 Å². The van der Waals surface area contributed by atoms with Gasteiger partial charge in [-0.05, 0) is 12.1 Å². The first-order valence-electron chi connectivity index (χ1n) is 9.46. The lowest BCUT2D eigenvalue weighted by Crippen LogP contribution is -2.33. The highest BCUT2D eigenvalue weighted by Crippen LogP contribution is 2.37. The van der Waals surface area contributed by atoms with E-state index in [0.717, 1.165) is 0 Å². The van der Waals surface area contributed by atoms with Crippen LogP contribution in [-0.4, -0.2) is 79.1 Å². The summed E-state index contributed by atoms with van der Waals surface area (Å²) in [5, 5.41) is 43.2. The summed E-state index contributed by atoms with van der Waals surface area (Å²) in [6.07, 6.45) is -1.67. The number of aromatic hydroxyl groups is 1. The summed E-state index contributed by atoms with van der Waals surface area (Å²) in [5.74, 6) is 1.09. The number of nitrogens with one attached hydrogen (secondary N) is 1. The number of benzene rings is 1. The topological polar surface area (TPSA) is 164 Å². The molecule has 1 saturated heterocycles. The maximum Gasteiger partial charge on any atom is 0.167 e. The number of fused-ring (bicyclic) bond motifs is 1. The predicted molar refractivity (Wildman–Crippen MR) is 107 cm³/mol. The summed E-state index contributed by atoms with van der Waals surface area (Å²) < 4.78 is 17.5. The van der Waals surface area contributed by atoms with Crippen molar-refractivity contribution in [3.05, 3.63) is 30.4 Å². The van der Waals surface area contributed by atoms with Crippen LogP contribution in [0.25, 0.3) is 11.2 Å². The normalized spacial score (nSPS) is 23.3. The molecule has 0 amide bonds. The first-order valence-corrected chi connectivity index (χ1v) is 9.46. The average molecular weight is 433 g/mol. The Labute approximate surface area is 176 Å². The van der Waals surface area contributed by atoms with Crippen molar-refractivity contribution < 1.29 is 34.6 Å². The lowest BCUT2D eigenvalue weighted by Gasteiger charge is -2.16. The van der Waals surface area contributed by atoms with Crippen molar-refractivity contribution >= 4 is 17.0 Å². The van der Waals surface area contributed by atoms with Crippen molar-refractivity contribution in [3.63, 3.8) is 0 Å². The second-order valence-corrected chi connectivity index (χ2v) is 6.93. The zero-order valence-corrected chi connectivity index (χ0v) is 16.8. The maximum absolute atomic E-state index is 10.5. The molecule has 31 heavy (non-hydrogen) atoms. The molecule has 4 atom stereocenters. The first-order chi connectivity index (χ1) is 15.0. The zero-order valence-electron chi connectivity index (χ0n) is 16.8. The molecular weight excluding hydrogens is 410 g/mol.